The lowest BCUT2D eigenvalue weighted by Crippen LogP contribution is -2.29. The summed E-state index contributed by atoms with van der Waals surface area (Å²) in [6, 6.07) is 17.4. The van der Waals surface area contributed by atoms with Crippen LogP contribution in [0.15, 0.2) is 48.5 Å². The van der Waals surface area contributed by atoms with Gasteiger partial charge in [-0.1, -0.05) is 24.3 Å². The van der Waals surface area contributed by atoms with E-state index in [9.17, 15) is 4.39 Å². The second-order valence-electron chi connectivity index (χ2n) is 7.37. The largest absolute Gasteiger partial charge is 0.299 e. The monoisotopic (exact) mass is 335 g/mol. The minimum Gasteiger partial charge on any atom is -0.299 e. The second kappa shape index (κ2) is 6.59. The summed E-state index contributed by atoms with van der Waals surface area (Å²) in [5.41, 5.74) is 2.99. The number of rotatable bonds is 3. The Hall–Kier alpha value is -2.22. The molecule has 0 aliphatic carbocycles. The van der Waals surface area contributed by atoms with Crippen molar-refractivity contribution in [2.45, 2.75) is 12.6 Å². The van der Waals surface area contributed by atoms with E-state index >= 15 is 0 Å². The van der Waals surface area contributed by atoms with E-state index < -0.39 is 0 Å². The van der Waals surface area contributed by atoms with Gasteiger partial charge in [-0.15, -0.1) is 0 Å². The van der Waals surface area contributed by atoms with Gasteiger partial charge in [0.25, 0.3) is 0 Å². The van der Waals surface area contributed by atoms with Gasteiger partial charge in [-0.2, -0.15) is 5.26 Å². The van der Waals surface area contributed by atoms with E-state index in [1.54, 1.807) is 6.07 Å². The van der Waals surface area contributed by atoms with Crippen LogP contribution in [0, 0.1) is 29.0 Å². The minimum atomic E-state index is -0.155. The summed E-state index contributed by atoms with van der Waals surface area (Å²) in [7, 11) is 2.15. The number of fused-ring (bicyclic) bond motifs is 1. The molecule has 0 N–H and O–H groups in total. The summed E-state index contributed by atoms with van der Waals surface area (Å²) in [6.07, 6.45) is 0. The summed E-state index contributed by atoms with van der Waals surface area (Å²) >= 11 is 0. The molecule has 4 heteroatoms. The molecule has 128 valence electrons. The SMILES string of the molecule is CN1C[C@H]2CN(Cc3cccc(C#N)c3)C[C@H]2[C@@H]1c1cccc(F)c1. The topological polar surface area (TPSA) is 30.3 Å². The van der Waals surface area contributed by atoms with E-state index in [0.717, 1.165) is 31.7 Å². The third kappa shape index (κ3) is 3.18. The van der Waals surface area contributed by atoms with Gasteiger partial charge in [-0.05, 0) is 54.3 Å². The first kappa shape index (κ1) is 16.3. The molecule has 2 saturated heterocycles. The van der Waals surface area contributed by atoms with Crippen molar-refractivity contribution in [1.29, 1.82) is 5.26 Å². The van der Waals surface area contributed by atoms with E-state index in [-0.39, 0.29) is 11.9 Å². The Bertz CT molecular complexity index is 813. The molecule has 0 spiro atoms. The van der Waals surface area contributed by atoms with Gasteiger partial charge in [0.15, 0.2) is 0 Å². The van der Waals surface area contributed by atoms with Crippen LogP contribution in [-0.4, -0.2) is 36.5 Å². The fourth-order valence-electron chi connectivity index (χ4n) is 4.67. The predicted octanol–water partition coefficient (Wildman–Crippen LogP) is 3.43. The number of likely N-dealkylation sites (tertiary alicyclic amines) is 2. The van der Waals surface area contributed by atoms with Crippen molar-refractivity contribution in [3.05, 3.63) is 71.0 Å². The predicted molar refractivity (Wildman–Crippen MR) is 95.2 cm³/mol. The van der Waals surface area contributed by atoms with Crippen LogP contribution in [0.4, 0.5) is 4.39 Å². The van der Waals surface area contributed by atoms with Crippen LogP contribution in [0.3, 0.4) is 0 Å². The summed E-state index contributed by atoms with van der Waals surface area (Å²) in [4.78, 5) is 4.85. The summed E-state index contributed by atoms with van der Waals surface area (Å²) in [6.45, 7) is 4.02. The number of halogens is 1. The third-order valence-electron chi connectivity index (χ3n) is 5.62. The van der Waals surface area contributed by atoms with E-state index in [2.05, 4.69) is 29.0 Å². The van der Waals surface area contributed by atoms with Crippen molar-refractivity contribution < 1.29 is 4.39 Å². The number of benzene rings is 2. The second-order valence-corrected chi connectivity index (χ2v) is 7.37. The maximum absolute atomic E-state index is 13.7. The molecule has 0 unspecified atom stereocenters. The Morgan fingerprint density at radius 3 is 2.76 bits per heavy atom. The number of hydrogen-bond donors (Lipinski definition) is 0. The van der Waals surface area contributed by atoms with Crippen LogP contribution in [-0.2, 0) is 6.54 Å². The van der Waals surface area contributed by atoms with E-state index in [1.165, 1.54) is 11.6 Å². The van der Waals surface area contributed by atoms with Gasteiger partial charge in [-0.3, -0.25) is 9.80 Å². The van der Waals surface area contributed by atoms with Gasteiger partial charge in [0.05, 0.1) is 11.6 Å². The van der Waals surface area contributed by atoms with Crippen molar-refractivity contribution in [3.63, 3.8) is 0 Å². The van der Waals surface area contributed by atoms with Crippen molar-refractivity contribution in [2.24, 2.45) is 11.8 Å². The molecule has 2 fully saturated rings. The molecule has 0 radical (unpaired) electrons. The van der Waals surface area contributed by atoms with E-state index in [1.807, 2.05) is 30.3 Å². The molecule has 2 heterocycles. The lowest BCUT2D eigenvalue weighted by Gasteiger charge is -2.27. The van der Waals surface area contributed by atoms with Gasteiger partial charge in [0.2, 0.25) is 0 Å². The molecule has 0 aromatic heterocycles. The first-order valence-electron chi connectivity index (χ1n) is 8.81. The maximum Gasteiger partial charge on any atom is 0.123 e. The fraction of sp³-hybridized carbons (Fsp3) is 0.381. The zero-order valence-corrected chi connectivity index (χ0v) is 14.4. The zero-order valence-electron chi connectivity index (χ0n) is 14.4. The molecular weight excluding hydrogens is 313 g/mol. The Morgan fingerprint density at radius 1 is 1.12 bits per heavy atom. The average molecular weight is 335 g/mol. The molecule has 2 aliphatic rings. The third-order valence-corrected chi connectivity index (χ3v) is 5.62. The van der Waals surface area contributed by atoms with Gasteiger partial charge in [0.1, 0.15) is 5.82 Å². The van der Waals surface area contributed by atoms with Crippen molar-refractivity contribution in [3.8, 4) is 6.07 Å². The molecule has 4 rings (SSSR count). The molecular formula is C21H22FN3. The highest BCUT2D eigenvalue weighted by Crippen LogP contribution is 2.44. The standard InChI is InChI=1S/C21H22FN3/c1-24-12-18-13-25(11-16-5-2-4-15(8-16)10-23)14-20(18)21(24)17-6-3-7-19(22)9-17/h2-9,18,20-21H,11-14H2,1H3/t18-,20+,21-/m0/s1. The van der Waals surface area contributed by atoms with Gasteiger partial charge in [-0.25, -0.2) is 4.39 Å². The van der Waals surface area contributed by atoms with Gasteiger partial charge in [0, 0.05) is 32.2 Å². The highest BCUT2D eigenvalue weighted by Gasteiger charge is 2.45. The molecule has 2 aromatic carbocycles. The molecule has 0 bridgehead atoms. The van der Waals surface area contributed by atoms with Crippen LogP contribution in [0.5, 0.6) is 0 Å². The maximum atomic E-state index is 13.7. The summed E-state index contributed by atoms with van der Waals surface area (Å²) < 4.78 is 13.7. The Kier molecular flexibility index (Phi) is 4.29. The van der Waals surface area contributed by atoms with Crippen LogP contribution < -0.4 is 0 Å². The van der Waals surface area contributed by atoms with Gasteiger partial charge < -0.3 is 0 Å². The van der Waals surface area contributed by atoms with Crippen LogP contribution in [0.1, 0.15) is 22.7 Å². The quantitative estimate of drug-likeness (QED) is 0.861. The lowest BCUT2D eigenvalue weighted by molar-refractivity contribution is 0.224. The summed E-state index contributed by atoms with van der Waals surface area (Å²) in [5, 5.41) is 9.07. The highest BCUT2D eigenvalue weighted by atomic mass is 19.1. The first-order valence-corrected chi connectivity index (χ1v) is 8.81. The van der Waals surface area contributed by atoms with E-state index in [0.29, 0.717) is 17.4 Å². The molecule has 3 nitrogen and oxygen atoms in total. The summed E-state index contributed by atoms with van der Waals surface area (Å²) in [5.74, 6) is 1.00. The fourth-order valence-corrected chi connectivity index (χ4v) is 4.67. The van der Waals surface area contributed by atoms with Crippen LogP contribution in [0.2, 0.25) is 0 Å². The van der Waals surface area contributed by atoms with E-state index in [4.69, 9.17) is 5.26 Å². The zero-order chi connectivity index (χ0) is 17.4. The van der Waals surface area contributed by atoms with Crippen LogP contribution >= 0.6 is 0 Å². The Morgan fingerprint density at radius 2 is 1.96 bits per heavy atom. The molecule has 2 aliphatic heterocycles. The normalized spacial score (nSPS) is 26.5. The smallest absolute Gasteiger partial charge is 0.123 e. The highest BCUT2D eigenvalue weighted by molar-refractivity contribution is 5.33. The van der Waals surface area contributed by atoms with Crippen LogP contribution in [0.25, 0.3) is 0 Å². The van der Waals surface area contributed by atoms with Gasteiger partial charge >= 0.3 is 0 Å². The minimum absolute atomic E-state index is 0.155. The number of nitriles is 1. The molecule has 0 amide bonds. The average Bonchev–Trinajstić information content (AvgIpc) is 3.10. The lowest BCUT2D eigenvalue weighted by atomic mass is 9.89. The van der Waals surface area contributed by atoms with Crippen molar-refractivity contribution >= 4 is 0 Å². The Balaban J connectivity index is 1.50. The molecule has 2 aromatic rings. The first-order chi connectivity index (χ1) is 12.1. The number of nitrogens with zero attached hydrogens (tertiary/aromatic N) is 3. The number of hydrogen-bond acceptors (Lipinski definition) is 3. The molecule has 25 heavy (non-hydrogen) atoms. The molecule has 3 atom stereocenters. The Labute approximate surface area is 148 Å². The van der Waals surface area contributed by atoms with Crippen molar-refractivity contribution in [2.75, 3.05) is 26.7 Å². The molecule has 0 saturated carbocycles. The van der Waals surface area contributed by atoms with Crippen molar-refractivity contribution in [1.82, 2.24) is 9.80 Å².